The zero-order valence-electron chi connectivity index (χ0n) is 11.2. The van der Waals surface area contributed by atoms with E-state index in [1.54, 1.807) is 12.1 Å². The van der Waals surface area contributed by atoms with Crippen LogP contribution >= 0.6 is 12.2 Å². The number of hydrogen-bond donors (Lipinski definition) is 2. The summed E-state index contributed by atoms with van der Waals surface area (Å²) in [7, 11) is -6.97. The summed E-state index contributed by atoms with van der Waals surface area (Å²) in [6.45, 7) is 0. The van der Waals surface area contributed by atoms with Crippen molar-refractivity contribution in [2.75, 3.05) is 11.5 Å². The molecule has 1 aromatic carbocycles. The highest BCUT2D eigenvalue weighted by Crippen LogP contribution is 2.17. The first-order valence-corrected chi connectivity index (χ1v) is 10.0. The van der Waals surface area contributed by atoms with Crippen LogP contribution in [-0.4, -0.2) is 39.4 Å². The lowest BCUT2D eigenvalue weighted by molar-refractivity contribution is 0.517. The van der Waals surface area contributed by atoms with Crippen molar-refractivity contribution in [2.24, 2.45) is 5.73 Å². The molecule has 3 N–H and O–H groups in total. The summed E-state index contributed by atoms with van der Waals surface area (Å²) in [6.07, 6.45) is 0.968. The second kappa shape index (κ2) is 5.99. The standard InChI is InChI=1S/C12H16N2O4S3/c13-12(19)9-3-1-5-11(7-9)21(17,18)14-10-4-2-6-20(15,16)8-10/h1,3,5,7,10,14H,2,4,6,8H2,(H2,13,19). The maximum atomic E-state index is 12.3. The van der Waals surface area contributed by atoms with Crippen molar-refractivity contribution in [1.29, 1.82) is 0 Å². The monoisotopic (exact) mass is 348 g/mol. The number of thiocarbonyl (C=S) groups is 1. The molecule has 1 aliphatic rings. The van der Waals surface area contributed by atoms with E-state index in [1.165, 1.54) is 12.1 Å². The molecule has 9 heteroatoms. The van der Waals surface area contributed by atoms with Gasteiger partial charge in [0.2, 0.25) is 10.0 Å². The Balaban J connectivity index is 2.22. The maximum Gasteiger partial charge on any atom is 0.240 e. The summed E-state index contributed by atoms with van der Waals surface area (Å²) in [6, 6.07) is 5.36. The Bertz CT molecular complexity index is 756. The Morgan fingerprint density at radius 2 is 2.10 bits per heavy atom. The number of nitrogens with two attached hydrogens (primary N) is 1. The van der Waals surface area contributed by atoms with E-state index in [0.29, 0.717) is 18.4 Å². The summed E-state index contributed by atoms with van der Waals surface area (Å²) in [5, 5.41) is 0. The average molecular weight is 348 g/mol. The van der Waals surface area contributed by atoms with E-state index in [4.69, 9.17) is 18.0 Å². The van der Waals surface area contributed by atoms with Crippen LogP contribution in [0.3, 0.4) is 0 Å². The Morgan fingerprint density at radius 1 is 1.38 bits per heavy atom. The third kappa shape index (κ3) is 4.22. The topological polar surface area (TPSA) is 106 Å². The molecule has 1 saturated heterocycles. The van der Waals surface area contributed by atoms with Crippen molar-refractivity contribution < 1.29 is 16.8 Å². The molecular weight excluding hydrogens is 332 g/mol. The number of rotatable bonds is 4. The van der Waals surface area contributed by atoms with Crippen LogP contribution in [0.15, 0.2) is 29.2 Å². The second-order valence-corrected chi connectivity index (χ2v) is 9.35. The van der Waals surface area contributed by atoms with E-state index in [-0.39, 0.29) is 21.4 Å². The highest BCUT2D eigenvalue weighted by molar-refractivity contribution is 7.91. The average Bonchev–Trinajstić information content (AvgIpc) is 2.37. The molecule has 1 fully saturated rings. The SMILES string of the molecule is NC(=S)c1cccc(S(=O)(=O)NC2CCCS(=O)(=O)C2)c1. The van der Waals surface area contributed by atoms with E-state index in [1.807, 2.05) is 0 Å². The van der Waals surface area contributed by atoms with Crippen LogP contribution < -0.4 is 10.5 Å². The van der Waals surface area contributed by atoms with E-state index < -0.39 is 25.9 Å². The van der Waals surface area contributed by atoms with Gasteiger partial charge < -0.3 is 5.73 Å². The maximum absolute atomic E-state index is 12.3. The summed E-state index contributed by atoms with van der Waals surface area (Å²) < 4.78 is 50.2. The van der Waals surface area contributed by atoms with E-state index in [0.717, 1.165) is 0 Å². The normalized spacial score (nSPS) is 21.8. The first kappa shape index (κ1) is 16.3. The Kier molecular flexibility index (Phi) is 4.66. The van der Waals surface area contributed by atoms with Crippen molar-refractivity contribution >= 4 is 37.1 Å². The van der Waals surface area contributed by atoms with E-state index in [9.17, 15) is 16.8 Å². The van der Waals surface area contributed by atoms with E-state index in [2.05, 4.69) is 4.72 Å². The predicted octanol–water partition coefficient (Wildman–Crippen LogP) is 0.176. The van der Waals surface area contributed by atoms with Gasteiger partial charge in [-0.15, -0.1) is 0 Å². The van der Waals surface area contributed by atoms with Crippen LogP contribution in [-0.2, 0) is 19.9 Å². The lowest BCUT2D eigenvalue weighted by atomic mass is 10.2. The summed E-state index contributed by atoms with van der Waals surface area (Å²) in [4.78, 5) is 0.128. The highest BCUT2D eigenvalue weighted by atomic mass is 32.2. The largest absolute Gasteiger partial charge is 0.389 e. The summed E-state index contributed by atoms with van der Waals surface area (Å²) in [5.74, 6) is -0.0522. The number of sulfonamides is 1. The molecule has 0 bridgehead atoms. The van der Waals surface area contributed by atoms with Crippen molar-refractivity contribution in [3.63, 3.8) is 0 Å². The fraction of sp³-hybridized carbons (Fsp3) is 0.417. The molecule has 1 aliphatic heterocycles. The minimum absolute atomic E-state index is 0.0239. The van der Waals surface area contributed by atoms with Gasteiger partial charge in [-0.25, -0.2) is 21.6 Å². The molecule has 0 radical (unpaired) electrons. The van der Waals surface area contributed by atoms with Gasteiger partial charge in [0, 0.05) is 11.6 Å². The summed E-state index contributed by atoms with van der Waals surface area (Å²) >= 11 is 4.82. The number of nitrogens with one attached hydrogen (secondary N) is 1. The minimum atomic E-state index is -3.80. The fourth-order valence-electron chi connectivity index (χ4n) is 2.22. The molecule has 6 nitrogen and oxygen atoms in total. The molecule has 0 aromatic heterocycles. The molecule has 116 valence electrons. The van der Waals surface area contributed by atoms with Crippen molar-refractivity contribution in [1.82, 2.24) is 4.72 Å². The lowest BCUT2D eigenvalue weighted by Gasteiger charge is -2.22. The quantitative estimate of drug-likeness (QED) is 0.752. The number of sulfone groups is 1. The lowest BCUT2D eigenvalue weighted by Crippen LogP contribution is -2.43. The first-order chi connectivity index (χ1) is 9.70. The zero-order chi connectivity index (χ0) is 15.7. The molecule has 0 saturated carbocycles. The molecule has 0 aliphatic carbocycles. The number of benzene rings is 1. The Morgan fingerprint density at radius 3 is 2.71 bits per heavy atom. The molecule has 21 heavy (non-hydrogen) atoms. The molecule has 1 aromatic rings. The molecule has 2 rings (SSSR count). The Hall–Kier alpha value is -1.03. The van der Waals surface area contributed by atoms with Gasteiger partial charge in [0.15, 0.2) is 9.84 Å². The molecule has 0 amide bonds. The predicted molar refractivity (Wildman–Crippen MR) is 84.3 cm³/mol. The zero-order valence-corrected chi connectivity index (χ0v) is 13.6. The molecule has 1 unspecified atom stereocenters. The first-order valence-electron chi connectivity index (χ1n) is 6.32. The van der Waals surface area contributed by atoms with Gasteiger partial charge in [0.05, 0.1) is 16.4 Å². The smallest absolute Gasteiger partial charge is 0.240 e. The summed E-state index contributed by atoms with van der Waals surface area (Å²) in [5.41, 5.74) is 5.93. The van der Waals surface area contributed by atoms with Crippen LogP contribution in [0.1, 0.15) is 18.4 Å². The van der Waals surface area contributed by atoms with Gasteiger partial charge in [-0.05, 0) is 25.0 Å². The second-order valence-electron chi connectivity index (χ2n) is 4.97. The van der Waals surface area contributed by atoms with Gasteiger partial charge in [0.25, 0.3) is 0 Å². The van der Waals surface area contributed by atoms with Crippen molar-refractivity contribution in [2.45, 2.75) is 23.8 Å². The van der Waals surface area contributed by atoms with Crippen molar-refractivity contribution in [3.8, 4) is 0 Å². The van der Waals surface area contributed by atoms with Gasteiger partial charge in [-0.2, -0.15) is 0 Å². The molecule has 1 heterocycles. The molecule has 1 atom stereocenters. The van der Waals surface area contributed by atoms with Gasteiger partial charge in [-0.1, -0.05) is 24.4 Å². The van der Waals surface area contributed by atoms with Crippen LogP contribution in [0.2, 0.25) is 0 Å². The van der Waals surface area contributed by atoms with E-state index >= 15 is 0 Å². The van der Waals surface area contributed by atoms with Crippen LogP contribution in [0, 0.1) is 0 Å². The van der Waals surface area contributed by atoms with Crippen molar-refractivity contribution in [3.05, 3.63) is 29.8 Å². The fourth-order valence-corrected chi connectivity index (χ4v) is 5.40. The van der Waals surface area contributed by atoms with Gasteiger partial charge >= 0.3 is 0 Å². The Labute approximate surface area is 129 Å². The van der Waals surface area contributed by atoms with Gasteiger partial charge in [-0.3, -0.25) is 0 Å². The highest BCUT2D eigenvalue weighted by Gasteiger charge is 2.28. The molecule has 0 spiro atoms. The van der Waals surface area contributed by atoms with Crippen LogP contribution in [0.5, 0.6) is 0 Å². The third-order valence-corrected chi connectivity index (χ3v) is 6.79. The minimum Gasteiger partial charge on any atom is -0.389 e. The molecular formula is C12H16N2O4S3. The third-order valence-electron chi connectivity index (χ3n) is 3.21. The van der Waals surface area contributed by atoms with Crippen LogP contribution in [0.4, 0.5) is 0 Å². The number of hydrogen-bond acceptors (Lipinski definition) is 5. The van der Waals surface area contributed by atoms with Crippen LogP contribution in [0.25, 0.3) is 0 Å². The van der Waals surface area contributed by atoms with Gasteiger partial charge in [0.1, 0.15) is 4.99 Å².